The van der Waals surface area contributed by atoms with Crippen molar-refractivity contribution >= 4 is 0 Å². The number of hydrogen-bond acceptors (Lipinski definition) is 0. The molecule has 2 rings (SSSR count). The number of fused-ring (bicyclic) bond motifs is 1. The third kappa shape index (κ3) is 2.49. The van der Waals surface area contributed by atoms with Crippen LogP contribution in [0.25, 0.3) is 0 Å². The van der Waals surface area contributed by atoms with Crippen LogP contribution in [0.3, 0.4) is 0 Å². The van der Waals surface area contributed by atoms with Gasteiger partial charge in [0.15, 0.2) is 0 Å². The highest BCUT2D eigenvalue weighted by molar-refractivity contribution is 5.35. The van der Waals surface area contributed by atoms with E-state index in [-0.39, 0.29) is 0 Å². The van der Waals surface area contributed by atoms with Crippen LogP contribution in [0.15, 0.2) is 23.4 Å². The van der Waals surface area contributed by atoms with Crippen molar-refractivity contribution in [2.75, 3.05) is 19.6 Å². The Balaban J connectivity index is 2.24. The van der Waals surface area contributed by atoms with E-state index in [1.54, 1.807) is 11.1 Å². The average molecular weight is 234 g/mol. The molecule has 0 bridgehead atoms. The fourth-order valence-corrected chi connectivity index (χ4v) is 3.97. The van der Waals surface area contributed by atoms with E-state index >= 15 is 0 Å². The van der Waals surface area contributed by atoms with Crippen LogP contribution in [0.4, 0.5) is 0 Å². The topological polar surface area (TPSA) is 0 Å². The summed E-state index contributed by atoms with van der Waals surface area (Å²) in [6, 6.07) is 0. The summed E-state index contributed by atoms with van der Waals surface area (Å²) in [6.07, 6.45) is 9.05. The van der Waals surface area contributed by atoms with E-state index < -0.39 is 0 Å². The molecule has 1 aliphatic carbocycles. The predicted molar refractivity (Wildman–Crippen MR) is 74.6 cm³/mol. The van der Waals surface area contributed by atoms with Gasteiger partial charge in [-0.2, -0.15) is 0 Å². The van der Waals surface area contributed by atoms with Crippen molar-refractivity contribution in [3.05, 3.63) is 23.4 Å². The normalized spacial score (nSPS) is 30.8. The zero-order chi connectivity index (χ0) is 12.5. The first-order valence-electron chi connectivity index (χ1n) is 7.37. The van der Waals surface area contributed by atoms with Gasteiger partial charge in [0.2, 0.25) is 0 Å². The van der Waals surface area contributed by atoms with Crippen molar-refractivity contribution in [3.63, 3.8) is 0 Å². The molecule has 2 aliphatic rings. The monoisotopic (exact) mass is 234 g/mol. The lowest BCUT2D eigenvalue weighted by atomic mass is 9.81. The molecule has 1 heterocycles. The molecule has 0 aromatic carbocycles. The summed E-state index contributed by atoms with van der Waals surface area (Å²) in [5.41, 5.74) is 3.23. The molecular formula is C16H28N+. The molecule has 2 atom stereocenters. The maximum absolute atomic E-state index is 2.61. The summed E-state index contributed by atoms with van der Waals surface area (Å²) in [7, 11) is 0. The lowest BCUT2D eigenvalue weighted by Crippen LogP contribution is -2.43. The highest BCUT2D eigenvalue weighted by atomic mass is 15.4. The van der Waals surface area contributed by atoms with Gasteiger partial charge < -0.3 is 0 Å². The summed E-state index contributed by atoms with van der Waals surface area (Å²) >= 11 is 0. The number of rotatable bonds is 4. The van der Waals surface area contributed by atoms with Crippen LogP contribution < -0.4 is 0 Å². The van der Waals surface area contributed by atoms with E-state index in [0.717, 1.165) is 11.8 Å². The van der Waals surface area contributed by atoms with Crippen LogP contribution in [-0.4, -0.2) is 24.1 Å². The molecule has 96 valence electrons. The molecule has 0 saturated heterocycles. The van der Waals surface area contributed by atoms with Crippen molar-refractivity contribution in [3.8, 4) is 0 Å². The summed E-state index contributed by atoms with van der Waals surface area (Å²) in [5.74, 6) is 1.62. The quantitative estimate of drug-likeness (QED) is 0.642. The standard InChI is InChI=1S/C16H28N/c1-5-7-17(8-6-2)11-15-10-13(3)9-14(4)16(15)12-17/h9,12-13,15H,5-8,10-11H2,1-4H3/q+1. The molecular weight excluding hydrogens is 206 g/mol. The summed E-state index contributed by atoms with van der Waals surface area (Å²) in [6.45, 7) is 13.3. The maximum atomic E-state index is 2.61. The van der Waals surface area contributed by atoms with E-state index in [1.165, 1.54) is 43.4 Å². The Morgan fingerprint density at radius 3 is 2.47 bits per heavy atom. The SMILES string of the molecule is CCC[N+]1(CCC)C=C2C(C)=CC(C)CC2C1. The van der Waals surface area contributed by atoms with Crippen LogP contribution in [0.2, 0.25) is 0 Å². The molecule has 0 radical (unpaired) electrons. The van der Waals surface area contributed by atoms with Gasteiger partial charge in [-0.25, -0.2) is 0 Å². The fourth-order valence-electron chi connectivity index (χ4n) is 3.97. The van der Waals surface area contributed by atoms with E-state index in [9.17, 15) is 0 Å². The largest absolute Gasteiger partial charge is 0.297 e. The number of hydrogen-bond donors (Lipinski definition) is 0. The molecule has 0 aromatic rings. The van der Waals surface area contributed by atoms with Crippen LogP contribution in [0.1, 0.15) is 47.0 Å². The van der Waals surface area contributed by atoms with Crippen LogP contribution in [-0.2, 0) is 0 Å². The highest BCUT2D eigenvalue weighted by Crippen LogP contribution is 2.40. The minimum atomic E-state index is 0.778. The van der Waals surface area contributed by atoms with Crippen LogP contribution in [0.5, 0.6) is 0 Å². The predicted octanol–water partition coefficient (Wildman–Crippen LogP) is 4.12. The third-order valence-electron chi connectivity index (χ3n) is 4.42. The second-order valence-electron chi connectivity index (χ2n) is 6.19. The van der Waals surface area contributed by atoms with Gasteiger partial charge in [-0.05, 0) is 37.7 Å². The second kappa shape index (κ2) is 4.97. The van der Waals surface area contributed by atoms with E-state index in [4.69, 9.17) is 0 Å². The summed E-state index contributed by atoms with van der Waals surface area (Å²) in [4.78, 5) is 0. The molecule has 1 aliphatic heterocycles. The smallest absolute Gasteiger partial charge is 0.0998 e. The zero-order valence-corrected chi connectivity index (χ0v) is 12.0. The zero-order valence-electron chi connectivity index (χ0n) is 12.0. The van der Waals surface area contributed by atoms with Crippen molar-refractivity contribution in [1.29, 1.82) is 0 Å². The Morgan fingerprint density at radius 2 is 1.88 bits per heavy atom. The van der Waals surface area contributed by atoms with Crippen molar-refractivity contribution in [2.24, 2.45) is 11.8 Å². The van der Waals surface area contributed by atoms with Gasteiger partial charge in [-0.3, -0.25) is 4.48 Å². The molecule has 0 fully saturated rings. The Morgan fingerprint density at radius 1 is 1.24 bits per heavy atom. The van der Waals surface area contributed by atoms with E-state index in [1.807, 2.05) is 0 Å². The third-order valence-corrected chi connectivity index (χ3v) is 4.42. The number of quaternary nitrogens is 1. The first-order valence-corrected chi connectivity index (χ1v) is 7.37. The molecule has 0 amide bonds. The number of nitrogens with zero attached hydrogens (tertiary/aromatic N) is 1. The van der Waals surface area contributed by atoms with E-state index in [0.29, 0.717) is 0 Å². The molecule has 0 N–H and O–H groups in total. The van der Waals surface area contributed by atoms with Gasteiger partial charge >= 0.3 is 0 Å². The molecule has 0 spiro atoms. The molecule has 2 unspecified atom stereocenters. The first-order chi connectivity index (χ1) is 8.10. The molecule has 1 heteroatoms. The molecule has 0 saturated carbocycles. The Labute approximate surface area is 107 Å². The average Bonchev–Trinajstić information content (AvgIpc) is 2.57. The maximum Gasteiger partial charge on any atom is 0.0998 e. The second-order valence-corrected chi connectivity index (χ2v) is 6.19. The number of allylic oxidation sites excluding steroid dienone is 2. The Hall–Kier alpha value is -0.560. The molecule has 1 nitrogen and oxygen atoms in total. The highest BCUT2D eigenvalue weighted by Gasteiger charge is 2.40. The molecule has 0 aromatic heterocycles. The lowest BCUT2D eigenvalue weighted by molar-refractivity contribution is -0.876. The van der Waals surface area contributed by atoms with Gasteiger partial charge in [0.25, 0.3) is 0 Å². The van der Waals surface area contributed by atoms with Gasteiger partial charge in [-0.15, -0.1) is 0 Å². The minimum absolute atomic E-state index is 0.778. The van der Waals surface area contributed by atoms with Gasteiger partial charge in [0.05, 0.1) is 25.8 Å². The van der Waals surface area contributed by atoms with Crippen LogP contribution >= 0.6 is 0 Å². The summed E-state index contributed by atoms with van der Waals surface area (Å²) in [5, 5.41) is 0. The van der Waals surface area contributed by atoms with Gasteiger partial charge in [0, 0.05) is 11.5 Å². The summed E-state index contributed by atoms with van der Waals surface area (Å²) < 4.78 is 1.25. The lowest BCUT2D eigenvalue weighted by Gasteiger charge is -2.32. The Kier molecular flexibility index (Phi) is 3.77. The van der Waals surface area contributed by atoms with Crippen molar-refractivity contribution in [2.45, 2.75) is 47.0 Å². The minimum Gasteiger partial charge on any atom is -0.297 e. The van der Waals surface area contributed by atoms with Crippen molar-refractivity contribution in [1.82, 2.24) is 0 Å². The first kappa shape index (κ1) is 12.9. The van der Waals surface area contributed by atoms with Gasteiger partial charge in [0.1, 0.15) is 0 Å². The van der Waals surface area contributed by atoms with Gasteiger partial charge in [-0.1, -0.05) is 26.8 Å². The van der Waals surface area contributed by atoms with Crippen LogP contribution in [0, 0.1) is 11.8 Å². The fraction of sp³-hybridized carbons (Fsp3) is 0.750. The molecule has 17 heavy (non-hydrogen) atoms. The Bertz CT molecular complexity index is 331. The van der Waals surface area contributed by atoms with Crippen molar-refractivity contribution < 1.29 is 4.48 Å². The van der Waals surface area contributed by atoms with E-state index in [2.05, 4.69) is 40.0 Å².